The number of rotatable bonds is 2. The average Bonchev–Trinajstić information content (AvgIpc) is 2.17. The summed E-state index contributed by atoms with van der Waals surface area (Å²) in [7, 11) is 0. The quantitative estimate of drug-likeness (QED) is 0.655. The number of hydrogen-bond acceptors (Lipinski definition) is 3. The Balaban J connectivity index is 2.39. The van der Waals surface area contributed by atoms with Gasteiger partial charge in [0.1, 0.15) is 0 Å². The highest BCUT2D eigenvalue weighted by Crippen LogP contribution is 2.13. The molecule has 1 amide bonds. The zero-order chi connectivity index (χ0) is 8.97. The van der Waals surface area contributed by atoms with Gasteiger partial charge >= 0.3 is 0 Å². The lowest BCUT2D eigenvalue weighted by Gasteiger charge is -2.27. The van der Waals surface area contributed by atoms with E-state index in [1.807, 2.05) is 13.2 Å². The smallest absolute Gasteiger partial charge is 0.258 e. The summed E-state index contributed by atoms with van der Waals surface area (Å²) in [4.78, 5) is 16.7. The van der Waals surface area contributed by atoms with Crippen molar-refractivity contribution in [2.24, 2.45) is 0 Å². The van der Waals surface area contributed by atoms with Crippen molar-refractivity contribution in [3.63, 3.8) is 0 Å². The van der Waals surface area contributed by atoms with Gasteiger partial charge in [-0.2, -0.15) is 11.8 Å². The van der Waals surface area contributed by atoms with Gasteiger partial charge in [-0.25, -0.2) is 5.06 Å². The standard InChI is InChI=1S/C8H15NO2S/c1-7(12-2)8(10)9-5-3-4-6-11-9/h7H,3-6H2,1-2H3. The summed E-state index contributed by atoms with van der Waals surface area (Å²) in [5.74, 6) is 0.0993. The van der Waals surface area contributed by atoms with Crippen LogP contribution < -0.4 is 0 Å². The fourth-order valence-corrected chi connectivity index (χ4v) is 1.39. The Labute approximate surface area is 77.4 Å². The van der Waals surface area contributed by atoms with Crippen molar-refractivity contribution in [3.8, 4) is 0 Å². The first-order valence-corrected chi connectivity index (χ1v) is 5.51. The van der Waals surface area contributed by atoms with Crippen LogP contribution in [0.25, 0.3) is 0 Å². The van der Waals surface area contributed by atoms with E-state index < -0.39 is 0 Å². The van der Waals surface area contributed by atoms with Gasteiger partial charge in [-0.05, 0) is 26.0 Å². The topological polar surface area (TPSA) is 29.5 Å². The molecule has 0 aromatic heterocycles. The first kappa shape index (κ1) is 9.86. The molecule has 0 aromatic rings. The Kier molecular flexibility index (Phi) is 3.88. The lowest BCUT2D eigenvalue weighted by Crippen LogP contribution is -2.39. The molecule has 1 aliphatic rings. The van der Waals surface area contributed by atoms with Crippen LogP contribution in [0.1, 0.15) is 19.8 Å². The van der Waals surface area contributed by atoms with Crippen LogP contribution >= 0.6 is 11.8 Å². The molecule has 0 bridgehead atoms. The number of hydrogen-bond donors (Lipinski definition) is 0. The van der Waals surface area contributed by atoms with Crippen LogP contribution in [-0.4, -0.2) is 35.6 Å². The molecule has 12 heavy (non-hydrogen) atoms. The second-order valence-corrected chi connectivity index (χ2v) is 4.04. The number of nitrogens with zero attached hydrogens (tertiary/aromatic N) is 1. The summed E-state index contributed by atoms with van der Waals surface area (Å²) in [6, 6.07) is 0. The van der Waals surface area contributed by atoms with Gasteiger partial charge in [0.2, 0.25) is 0 Å². The Morgan fingerprint density at radius 3 is 2.83 bits per heavy atom. The number of amides is 1. The molecule has 1 aliphatic heterocycles. The number of hydroxylamine groups is 2. The molecule has 0 saturated carbocycles. The van der Waals surface area contributed by atoms with E-state index in [-0.39, 0.29) is 11.2 Å². The van der Waals surface area contributed by atoms with E-state index in [1.165, 1.54) is 5.06 Å². The molecule has 0 aromatic carbocycles. The summed E-state index contributed by atoms with van der Waals surface area (Å²) >= 11 is 1.56. The third-order valence-corrected chi connectivity index (χ3v) is 2.86. The molecular formula is C8H15NO2S. The van der Waals surface area contributed by atoms with Crippen molar-refractivity contribution >= 4 is 17.7 Å². The molecule has 70 valence electrons. The summed E-state index contributed by atoms with van der Waals surface area (Å²) in [6.07, 6.45) is 4.07. The zero-order valence-electron chi connectivity index (χ0n) is 7.58. The Morgan fingerprint density at radius 1 is 1.58 bits per heavy atom. The maximum Gasteiger partial charge on any atom is 0.258 e. The van der Waals surface area contributed by atoms with Gasteiger partial charge in [0.25, 0.3) is 5.91 Å². The summed E-state index contributed by atoms with van der Waals surface area (Å²) in [6.45, 7) is 3.35. The van der Waals surface area contributed by atoms with Gasteiger partial charge in [-0.15, -0.1) is 0 Å². The van der Waals surface area contributed by atoms with E-state index in [4.69, 9.17) is 4.84 Å². The van der Waals surface area contributed by atoms with E-state index in [0.717, 1.165) is 19.4 Å². The lowest BCUT2D eigenvalue weighted by molar-refractivity contribution is -0.196. The average molecular weight is 189 g/mol. The molecular weight excluding hydrogens is 174 g/mol. The van der Waals surface area contributed by atoms with Crippen LogP contribution in [0.3, 0.4) is 0 Å². The minimum Gasteiger partial charge on any atom is -0.271 e. The van der Waals surface area contributed by atoms with Crippen LogP contribution in [0.2, 0.25) is 0 Å². The van der Waals surface area contributed by atoms with E-state index in [2.05, 4.69) is 0 Å². The molecule has 0 N–H and O–H groups in total. The number of carbonyl (C=O) groups excluding carboxylic acids is 1. The van der Waals surface area contributed by atoms with Crippen molar-refractivity contribution < 1.29 is 9.63 Å². The number of carbonyl (C=O) groups is 1. The van der Waals surface area contributed by atoms with E-state index >= 15 is 0 Å². The molecule has 1 unspecified atom stereocenters. The van der Waals surface area contributed by atoms with Gasteiger partial charge in [0.05, 0.1) is 11.9 Å². The maximum absolute atomic E-state index is 11.5. The molecule has 1 atom stereocenters. The van der Waals surface area contributed by atoms with Crippen molar-refractivity contribution in [1.82, 2.24) is 5.06 Å². The Bertz CT molecular complexity index is 157. The minimum absolute atomic E-state index is 0.0168. The first-order chi connectivity index (χ1) is 5.75. The second-order valence-electron chi connectivity index (χ2n) is 2.86. The van der Waals surface area contributed by atoms with Gasteiger partial charge in [0.15, 0.2) is 0 Å². The third-order valence-electron chi connectivity index (χ3n) is 1.95. The summed E-state index contributed by atoms with van der Waals surface area (Å²) in [5.41, 5.74) is 0. The molecule has 0 aliphatic carbocycles. The molecule has 1 saturated heterocycles. The van der Waals surface area contributed by atoms with Crippen LogP contribution in [0, 0.1) is 0 Å². The van der Waals surface area contributed by atoms with Gasteiger partial charge in [-0.1, -0.05) is 0 Å². The van der Waals surface area contributed by atoms with Crippen molar-refractivity contribution in [1.29, 1.82) is 0 Å². The third kappa shape index (κ3) is 2.38. The van der Waals surface area contributed by atoms with Crippen molar-refractivity contribution in [2.75, 3.05) is 19.4 Å². The minimum atomic E-state index is 0.0168. The van der Waals surface area contributed by atoms with Crippen LogP contribution in [0.15, 0.2) is 0 Å². The van der Waals surface area contributed by atoms with E-state index in [9.17, 15) is 4.79 Å². The highest BCUT2D eigenvalue weighted by Gasteiger charge is 2.22. The van der Waals surface area contributed by atoms with Crippen LogP contribution in [0.4, 0.5) is 0 Å². The zero-order valence-corrected chi connectivity index (χ0v) is 8.39. The summed E-state index contributed by atoms with van der Waals surface area (Å²) < 4.78 is 0. The predicted octanol–water partition coefficient (Wildman–Crippen LogP) is 1.29. The monoisotopic (exact) mass is 189 g/mol. The molecule has 0 spiro atoms. The Morgan fingerprint density at radius 2 is 2.33 bits per heavy atom. The van der Waals surface area contributed by atoms with Gasteiger partial charge in [-0.3, -0.25) is 9.63 Å². The Hall–Kier alpha value is -0.220. The molecule has 1 fully saturated rings. The normalized spacial score (nSPS) is 20.7. The maximum atomic E-state index is 11.5. The number of thioether (sulfide) groups is 1. The lowest BCUT2D eigenvalue weighted by atomic mass is 10.3. The van der Waals surface area contributed by atoms with Crippen LogP contribution in [-0.2, 0) is 9.63 Å². The van der Waals surface area contributed by atoms with Crippen LogP contribution in [0.5, 0.6) is 0 Å². The van der Waals surface area contributed by atoms with E-state index in [1.54, 1.807) is 11.8 Å². The van der Waals surface area contributed by atoms with Crippen molar-refractivity contribution in [3.05, 3.63) is 0 Å². The van der Waals surface area contributed by atoms with E-state index in [0.29, 0.717) is 6.61 Å². The largest absolute Gasteiger partial charge is 0.271 e. The van der Waals surface area contributed by atoms with Crippen molar-refractivity contribution in [2.45, 2.75) is 25.0 Å². The molecule has 4 heteroatoms. The molecule has 1 rings (SSSR count). The fourth-order valence-electron chi connectivity index (χ4n) is 1.07. The fraction of sp³-hybridized carbons (Fsp3) is 0.875. The predicted molar refractivity (Wildman–Crippen MR) is 49.9 cm³/mol. The second kappa shape index (κ2) is 4.72. The SMILES string of the molecule is CSC(C)C(=O)N1CCCCO1. The van der Waals surface area contributed by atoms with Gasteiger partial charge < -0.3 is 0 Å². The highest BCUT2D eigenvalue weighted by atomic mass is 32.2. The summed E-state index contributed by atoms with van der Waals surface area (Å²) in [5, 5.41) is 1.52. The molecule has 3 nitrogen and oxygen atoms in total. The highest BCUT2D eigenvalue weighted by molar-refractivity contribution is 7.99. The molecule has 1 heterocycles. The first-order valence-electron chi connectivity index (χ1n) is 4.23. The van der Waals surface area contributed by atoms with Gasteiger partial charge in [0, 0.05) is 6.54 Å². The molecule has 0 radical (unpaired) electrons.